The maximum absolute atomic E-state index is 13.0. The van der Waals surface area contributed by atoms with Gasteiger partial charge in [-0.2, -0.15) is 0 Å². The lowest BCUT2D eigenvalue weighted by molar-refractivity contribution is -0.138. The highest BCUT2D eigenvalue weighted by Crippen LogP contribution is 2.38. The zero-order valence-electron chi connectivity index (χ0n) is 12.1. The fourth-order valence-corrected chi connectivity index (χ4v) is 3.93. The maximum atomic E-state index is 13.0. The number of hydrogen-bond acceptors (Lipinski definition) is 3. The van der Waals surface area contributed by atoms with Crippen molar-refractivity contribution in [1.82, 2.24) is 4.90 Å². The van der Waals surface area contributed by atoms with Crippen molar-refractivity contribution in [3.8, 4) is 0 Å². The lowest BCUT2D eigenvalue weighted by Gasteiger charge is -2.34. The minimum Gasteiger partial charge on any atom is -0.396 e. The van der Waals surface area contributed by atoms with Crippen molar-refractivity contribution < 1.29 is 9.90 Å². The van der Waals surface area contributed by atoms with Crippen LogP contribution in [0.2, 0.25) is 0 Å². The van der Waals surface area contributed by atoms with Crippen LogP contribution < -0.4 is 5.73 Å². The van der Waals surface area contributed by atoms with E-state index in [0.29, 0.717) is 10.9 Å². The van der Waals surface area contributed by atoms with Gasteiger partial charge in [0.1, 0.15) is 0 Å². The normalized spacial score (nSPS) is 26.2. The Morgan fingerprint density at radius 3 is 2.50 bits per heavy atom. The zero-order valence-corrected chi connectivity index (χ0v) is 13.0. The maximum Gasteiger partial charge on any atom is 0.235 e. The number of nitrogens with two attached hydrogens (primary N) is 1. The Bertz CT molecular complexity index is 365. The topological polar surface area (TPSA) is 66.6 Å². The van der Waals surface area contributed by atoms with Gasteiger partial charge in [-0.15, -0.1) is 0 Å². The van der Waals surface area contributed by atoms with E-state index in [1.807, 2.05) is 4.90 Å². The first-order chi connectivity index (χ1) is 9.60. The van der Waals surface area contributed by atoms with E-state index in [0.717, 1.165) is 51.6 Å². The number of likely N-dealkylation sites (tertiary alicyclic amines) is 1. The molecule has 4 nitrogen and oxygen atoms in total. The summed E-state index contributed by atoms with van der Waals surface area (Å²) in [6.45, 7) is 1.74. The molecule has 20 heavy (non-hydrogen) atoms. The van der Waals surface area contributed by atoms with Gasteiger partial charge in [-0.25, -0.2) is 0 Å². The summed E-state index contributed by atoms with van der Waals surface area (Å²) in [7, 11) is 0. The molecule has 5 heteroatoms. The molecule has 0 aromatic heterocycles. The second kappa shape index (κ2) is 6.85. The van der Waals surface area contributed by atoms with E-state index < -0.39 is 5.41 Å². The quantitative estimate of drug-likeness (QED) is 0.614. The third-order valence-corrected chi connectivity index (χ3v) is 5.34. The molecule has 0 aromatic rings. The summed E-state index contributed by atoms with van der Waals surface area (Å²) in [5, 5.41) is 9.03. The molecule has 0 radical (unpaired) electrons. The molecule has 1 heterocycles. The summed E-state index contributed by atoms with van der Waals surface area (Å²) >= 11 is 5.27. The Morgan fingerprint density at radius 2 is 1.95 bits per heavy atom. The van der Waals surface area contributed by atoms with Crippen LogP contribution in [0.3, 0.4) is 0 Å². The molecule has 2 rings (SSSR count). The van der Waals surface area contributed by atoms with E-state index in [-0.39, 0.29) is 12.5 Å². The molecule has 1 saturated heterocycles. The summed E-state index contributed by atoms with van der Waals surface area (Å²) in [6.07, 6.45) is 7.80. The molecule has 0 spiro atoms. The van der Waals surface area contributed by atoms with Gasteiger partial charge in [-0.1, -0.05) is 37.9 Å². The van der Waals surface area contributed by atoms with Gasteiger partial charge < -0.3 is 15.7 Å². The van der Waals surface area contributed by atoms with E-state index in [2.05, 4.69) is 0 Å². The van der Waals surface area contributed by atoms with Crippen molar-refractivity contribution in [2.45, 2.75) is 51.4 Å². The summed E-state index contributed by atoms with van der Waals surface area (Å²) in [4.78, 5) is 15.3. The van der Waals surface area contributed by atoms with Gasteiger partial charge in [0.25, 0.3) is 0 Å². The van der Waals surface area contributed by atoms with Crippen LogP contribution in [-0.4, -0.2) is 40.6 Å². The summed E-state index contributed by atoms with van der Waals surface area (Å²) in [6, 6.07) is 0. The molecule has 114 valence electrons. The monoisotopic (exact) mass is 298 g/mol. The van der Waals surface area contributed by atoms with E-state index >= 15 is 0 Å². The largest absolute Gasteiger partial charge is 0.396 e. The number of amides is 1. The third kappa shape index (κ3) is 3.14. The van der Waals surface area contributed by atoms with E-state index in [9.17, 15) is 4.79 Å². The fourth-order valence-electron chi connectivity index (χ4n) is 3.64. The van der Waals surface area contributed by atoms with Gasteiger partial charge in [0.05, 0.1) is 10.4 Å². The van der Waals surface area contributed by atoms with Gasteiger partial charge in [0.2, 0.25) is 5.91 Å². The van der Waals surface area contributed by atoms with Crippen molar-refractivity contribution in [2.24, 2.45) is 17.1 Å². The molecule has 0 bridgehead atoms. The number of thiocarbonyl (C=S) groups is 1. The van der Waals surface area contributed by atoms with E-state index in [4.69, 9.17) is 23.1 Å². The molecule has 1 unspecified atom stereocenters. The molecule has 0 aromatic carbocycles. The standard InChI is InChI=1S/C15H26N2O2S/c16-13(20)15(7-3-1-2-4-8-15)14(19)17-9-5-12(11-17)6-10-18/h12,18H,1-11H2,(H2,16,20). The Labute approximate surface area is 126 Å². The molecule has 3 N–H and O–H groups in total. The highest BCUT2D eigenvalue weighted by atomic mass is 32.1. The summed E-state index contributed by atoms with van der Waals surface area (Å²) in [5.74, 6) is 0.575. The van der Waals surface area contributed by atoms with Crippen LogP contribution >= 0.6 is 12.2 Å². The average Bonchev–Trinajstić information content (AvgIpc) is 2.74. The molecule has 1 aliphatic heterocycles. The number of aliphatic hydroxyl groups excluding tert-OH is 1. The van der Waals surface area contributed by atoms with E-state index in [1.54, 1.807) is 0 Å². The SMILES string of the molecule is NC(=S)C1(C(=O)N2CCC(CCO)C2)CCCCCC1. The first-order valence-corrected chi connectivity index (χ1v) is 8.21. The molecule has 1 atom stereocenters. The van der Waals surface area contributed by atoms with E-state index in [1.165, 1.54) is 12.8 Å². The second-order valence-corrected chi connectivity index (χ2v) is 6.72. The van der Waals surface area contributed by atoms with Crippen molar-refractivity contribution in [3.63, 3.8) is 0 Å². The lowest BCUT2D eigenvalue weighted by Crippen LogP contribution is -2.49. The Kier molecular flexibility index (Phi) is 5.38. The number of rotatable bonds is 4. The second-order valence-electron chi connectivity index (χ2n) is 6.28. The lowest BCUT2D eigenvalue weighted by atomic mass is 9.79. The van der Waals surface area contributed by atoms with Gasteiger partial charge in [-0.05, 0) is 31.6 Å². The number of nitrogens with zero attached hydrogens (tertiary/aromatic N) is 1. The molecule has 2 fully saturated rings. The minimum atomic E-state index is -0.597. The molecule has 1 amide bonds. The minimum absolute atomic E-state index is 0.146. The van der Waals surface area contributed by atoms with Gasteiger partial charge in [0, 0.05) is 19.7 Å². The Hall–Kier alpha value is -0.680. The third-order valence-electron chi connectivity index (χ3n) is 4.95. The Morgan fingerprint density at radius 1 is 1.30 bits per heavy atom. The molecule has 1 aliphatic carbocycles. The number of hydrogen-bond donors (Lipinski definition) is 2. The smallest absolute Gasteiger partial charge is 0.235 e. The predicted molar refractivity (Wildman–Crippen MR) is 83.3 cm³/mol. The predicted octanol–water partition coefficient (Wildman–Crippen LogP) is 1.84. The van der Waals surface area contributed by atoms with Crippen LogP contribution in [0.5, 0.6) is 0 Å². The van der Waals surface area contributed by atoms with Gasteiger partial charge >= 0.3 is 0 Å². The Balaban J connectivity index is 2.09. The van der Waals surface area contributed by atoms with Crippen LogP contribution in [0.1, 0.15) is 51.4 Å². The average molecular weight is 298 g/mol. The molecular formula is C15H26N2O2S. The zero-order chi connectivity index (χ0) is 14.6. The van der Waals surface area contributed by atoms with Gasteiger partial charge in [-0.3, -0.25) is 4.79 Å². The number of carbonyl (C=O) groups is 1. The van der Waals surface area contributed by atoms with Crippen LogP contribution in [0.15, 0.2) is 0 Å². The number of carbonyl (C=O) groups excluding carboxylic acids is 1. The first-order valence-electron chi connectivity index (χ1n) is 7.80. The molecule has 1 saturated carbocycles. The van der Waals surface area contributed by atoms with Crippen molar-refractivity contribution >= 4 is 23.1 Å². The first kappa shape index (κ1) is 15.7. The fraction of sp³-hybridized carbons (Fsp3) is 0.867. The number of aliphatic hydroxyl groups is 1. The molecular weight excluding hydrogens is 272 g/mol. The van der Waals surface area contributed by atoms with Gasteiger partial charge in [0.15, 0.2) is 0 Å². The van der Waals surface area contributed by atoms with Crippen LogP contribution in [0, 0.1) is 11.3 Å². The summed E-state index contributed by atoms with van der Waals surface area (Å²) < 4.78 is 0. The van der Waals surface area contributed by atoms with Crippen LogP contribution in [0.4, 0.5) is 0 Å². The highest BCUT2D eigenvalue weighted by molar-refractivity contribution is 7.80. The molecule has 2 aliphatic rings. The highest BCUT2D eigenvalue weighted by Gasteiger charge is 2.45. The van der Waals surface area contributed by atoms with Crippen LogP contribution in [0.25, 0.3) is 0 Å². The van der Waals surface area contributed by atoms with Crippen molar-refractivity contribution in [2.75, 3.05) is 19.7 Å². The van der Waals surface area contributed by atoms with Crippen molar-refractivity contribution in [1.29, 1.82) is 0 Å². The summed E-state index contributed by atoms with van der Waals surface area (Å²) in [5.41, 5.74) is 5.38. The van der Waals surface area contributed by atoms with Crippen molar-refractivity contribution in [3.05, 3.63) is 0 Å². The van der Waals surface area contributed by atoms with Crippen LogP contribution in [-0.2, 0) is 4.79 Å².